The average Bonchev–Trinajstić information content (AvgIpc) is 3.54. The molecule has 45 heavy (non-hydrogen) atoms. The highest BCUT2D eigenvalue weighted by Crippen LogP contribution is 2.39. The van der Waals surface area contributed by atoms with Gasteiger partial charge in [-0.15, -0.1) is 5.10 Å². The quantitative estimate of drug-likeness (QED) is 0.263. The van der Waals surface area contributed by atoms with Gasteiger partial charge in [0.1, 0.15) is 5.82 Å². The number of ether oxygens (including phenoxy) is 1. The highest BCUT2D eigenvalue weighted by Gasteiger charge is 2.34. The Morgan fingerprint density at radius 2 is 1.71 bits per heavy atom. The lowest BCUT2D eigenvalue weighted by atomic mass is 9.77. The van der Waals surface area contributed by atoms with E-state index in [0.29, 0.717) is 5.90 Å². The highest BCUT2D eigenvalue weighted by molar-refractivity contribution is 5.98. The predicted molar refractivity (Wildman–Crippen MR) is 170 cm³/mol. The minimum atomic E-state index is -0.984. The van der Waals surface area contributed by atoms with E-state index in [-0.39, 0.29) is 48.6 Å². The molecule has 8 nitrogen and oxygen atoms in total. The number of hydrazone groups is 1. The van der Waals surface area contributed by atoms with Gasteiger partial charge < -0.3 is 15.2 Å². The average molecular weight is 614 g/mol. The van der Waals surface area contributed by atoms with E-state index < -0.39 is 29.0 Å². The summed E-state index contributed by atoms with van der Waals surface area (Å²) in [6.45, 7) is 5.62. The second-order valence-electron chi connectivity index (χ2n) is 13.0. The standard InChI is InChI=1S/C36H40FN3O5/c1-36(2,3)28(35(43)44)20-27-14-9-15-29(32(27)37)38-33(42)31(24-10-7-8-11-24)25-18-16-23(17-19-25)21-40-30(41)22-45-34(39-40)26-12-5-4-6-13-26/h4-6,9,12-19,24,28,31H,7-8,10-11,20-22H2,1-3H3,(H,38,42)(H,43,44)/t28?,31-/m0/s1. The Labute approximate surface area is 263 Å². The molecule has 0 aromatic heterocycles. The zero-order valence-electron chi connectivity index (χ0n) is 26.0. The van der Waals surface area contributed by atoms with Gasteiger partial charge in [-0.3, -0.25) is 14.4 Å². The first-order valence-corrected chi connectivity index (χ1v) is 15.5. The third-order valence-electron chi connectivity index (χ3n) is 8.78. The maximum atomic E-state index is 15.7. The topological polar surface area (TPSA) is 108 Å². The molecule has 5 rings (SSSR count). The van der Waals surface area contributed by atoms with Gasteiger partial charge in [0.05, 0.1) is 24.1 Å². The molecule has 1 fully saturated rings. The van der Waals surface area contributed by atoms with E-state index >= 15 is 4.39 Å². The van der Waals surface area contributed by atoms with E-state index in [2.05, 4.69) is 10.4 Å². The fraction of sp³-hybridized carbons (Fsp3) is 0.389. The largest absolute Gasteiger partial charge is 0.481 e. The number of carbonyl (C=O) groups excluding carboxylic acids is 2. The third-order valence-corrected chi connectivity index (χ3v) is 8.78. The highest BCUT2D eigenvalue weighted by atomic mass is 19.1. The Bertz CT molecular complexity index is 1560. The van der Waals surface area contributed by atoms with E-state index in [1.807, 2.05) is 75.4 Å². The Morgan fingerprint density at radius 3 is 2.36 bits per heavy atom. The van der Waals surface area contributed by atoms with Gasteiger partial charge >= 0.3 is 5.97 Å². The molecule has 2 N–H and O–H groups in total. The van der Waals surface area contributed by atoms with Crippen molar-refractivity contribution in [3.05, 3.63) is 101 Å². The van der Waals surface area contributed by atoms with E-state index in [1.165, 1.54) is 11.1 Å². The van der Waals surface area contributed by atoms with Crippen LogP contribution in [0.15, 0.2) is 77.9 Å². The molecule has 3 aromatic carbocycles. The maximum absolute atomic E-state index is 15.7. The molecule has 0 saturated heterocycles. The minimum absolute atomic E-state index is 0.0183. The number of benzene rings is 3. The van der Waals surface area contributed by atoms with Crippen molar-refractivity contribution in [3.63, 3.8) is 0 Å². The Hall–Kier alpha value is -4.53. The van der Waals surface area contributed by atoms with Gasteiger partial charge in [-0.1, -0.05) is 88.2 Å². The lowest BCUT2D eigenvalue weighted by molar-refractivity contribution is -0.145. The van der Waals surface area contributed by atoms with Gasteiger partial charge in [0.25, 0.3) is 5.91 Å². The van der Waals surface area contributed by atoms with Crippen LogP contribution in [0.2, 0.25) is 0 Å². The van der Waals surface area contributed by atoms with Crippen LogP contribution in [0.25, 0.3) is 0 Å². The number of nitrogens with one attached hydrogen (secondary N) is 1. The molecule has 1 heterocycles. The number of halogens is 1. The lowest BCUT2D eigenvalue weighted by Crippen LogP contribution is -2.36. The second-order valence-corrected chi connectivity index (χ2v) is 13.0. The smallest absolute Gasteiger partial charge is 0.307 e. The summed E-state index contributed by atoms with van der Waals surface area (Å²) in [4.78, 5) is 38.3. The van der Waals surface area contributed by atoms with Crippen molar-refractivity contribution in [1.29, 1.82) is 0 Å². The van der Waals surface area contributed by atoms with E-state index in [0.717, 1.165) is 42.4 Å². The number of rotatable bonds is 10. The summed E-state index contributed by atoms with van der Waals surface area (Å²) in [5.41, 5.74) is 2.19. The Kier molecular flexibility index (Phi) is 9.65. The van der Waals surface area contributed by atoms with Crippen molar-refractivity contribution in [2.24, 2.45) is 22.4 Å². The Balaban J connectivity index is 1.34. The van der Waals surface area contributed by atoms with Crippen LogP contribution in [0.5, 0.6) is 0 Å². The van der Waals surface area contributed by atoms with Gasteiger partial charge in [0.2, 0.25) is 11.8 Å². The fourth-order valence-electron chi connectivity index (χ4n) is 6.20. The van der Waals surface area contributed by atoms with Crippen LogP contribution in [-0.4, -0.2) is 40.4 Å². The molecule has 1 aliphatic heterocycles. The molecular weight excluding hydrogens is 573 g/mol. The van der Waals surface area contributed by atoms with E-state index in [1.54, 1.807) is 12.1 Å². The zero-order valence-corrected chi connectivity index (χ0v) is 26.0. The zero-order chi connectivity index (χ0) is 32.1. The van der Waals surface area contributed by atoms with Gasteiger partial charge in [-0.25, -0.2) is 9.40 Å². The van der Waals surface area contributed by atoms with Gasteiger partial charge in [0.15, 0.2) is 6.61 Å². The molecule has 0 radical (unpaired) electrons. The van der Waals surface area contributed by atoms with Crippen molar-refractivity contribution in [2.75, 3.05) is 11.9 Å². The van der Waals surface area contributed by atoms with Crippen molar-refractivity contribution in [1.82, 2.24) is 5.01 Å². The van der Waals surface area contributed by atoms with Gasteiger partial charge in [0, 0.05) is 5.56 Å². The summed E-state index contributed by atoms with van der Waals surface area (Å²) >= 11 is 0. The number of nitrogens with zero attached hydrogens (tertiary/aromatic N) is 2. The van der Waals surface area contributed by atoms with Crippen LogP contribution >= 0.6 is 0 Å². The summed E-state index contributed by atoms with van der Waals surface area (Å²) < 4.78 is 21.2. The summed E-state index contributed by atoms with van der Waals surface area (Å²) in [6.07, 6.45) is 3.87. The van der Waals surface area contributed by atoms with Crippen LogP contribution in [-0.2, 0) is 32.1 Å². The molecule has 2 aliphatic rings. The van der Waals surface area contributed by atoms with Gasteiger partial charge in [-0.2, -0.15) is 0 Å². The third kappa shape index (κ3) is 7.59. The second kappa shape index (κ2) is 13.6. The van der Waals surface area contributed by atoms with Crippen LogP contribution in [0.3, 0.4) is 0 Å². The molecule has 2 amide bonds. The van der Waals surface area contributed by atoms with Gasteiger partial charge in [-0.05, 0) is 65.5 Å². The van der Waals surface area contributed by atoms with Crippen molar-refractivity contribution < 1.29 is 28.6 Å². The minimum Gasteiger partial charge on any atom is -0.481 e. The number of hydrogen-bond donors (Lipinski definition) is 2. The van der Waals surface area contributed by atoms with Crippen LogP contribution in [0.1, 0.15) is 74.6 Å². The number of amides is 2. The van der Waals surface area contributed by atoms with E-state index in [9.17, 15) is 19.5 Å². The first-order chi connectivity index (χ1) is 21.5. The number of anilines is 1. The number of carboxylic acid groups (broad SMARTS) is 1. The summed E-state index contributed by atoms with van der Waals surface area (Å²) in [6, 6.07) is 21.7. The normalized spacial score (nSPS) is 16.9. The van der Waals surface area contributed by atoms with Crippen LogP contribution < -0.4 is 5.32 Å². The molecule has 1 unspecified atom stereocenters. The fourth-order valence-corrected chi connectivity index (χ4v) is 6.20. The number of hydrogen-bond acceptors (Lipinski definition) is 5. The summed E-state index contributed by atoms with van der Waals surface area (Å²) in [7, 11) is 0. The van der Waals surface area contributed by atoms with Crippen molar-refractivity contribution >= 4 is 29.4 Å². The molecule has 0 bridgehead atoms. The molecule has 0 spiro atoms. The molecule has 1 aliphatic carbocycles. The number of carboxylic acids is 1. The summed E-state index contributed by atoms with van der Waals surface area (Å²) in [5.74, 6) is -2.91. The molecule has 1 saturated carbocycles. The molecule has 236 valence electrons. The lowest BCUT2D eigenvalue weighted by Gasteiger charge is -2.27. The Morgan fingerprint density at radius 1 is 1.02 bits per heavy atom. The molecule has 3 aromatic rings. The first-order valence-electron chi connectivity index (χ1n) is 15.5. The molecule has 9 heteroatoms. The van der Waals surface area contributed by atoms with Crippen molar-refractivity contribution in [2.45, 2.75) is 65.3 Å². The number of aliphatic carboxylic acids is 1. The van der Waals surface area contributed by atoms with Crippen LogP contribution in [0, 0.1) is 23.1 Å². The first kappa shape index (κ1) is 31.9. The summed E-state index contributed by atoms with van der Waals surface area (Å²) in [5, 5.41) is 18.4. The maximum Gasteiger partial charge on any atom is 0.307 e. The molecule has 2 atom stereocenters. The number of carbonyl (C=O) groups is 3. The van der Waals surface area contributed by atoms with Crippen LogP contribution in [0.4, 0.5) is 10.1 Å². The predicted octanol–water partition coefficient (Wildman–Crippen LogP) is 6.75. The molecular formula is C36H40FN3O5. The SMILES string of the molecule is CC(C)(C)C(Cc1cccc(NC(=O)[C@H](c2ccc(CN3N=C(c4ccccc4)OCC3=O)cc2)C2CCCC2)c1F)C(=O)O. The monoisotopic (exact) mass is 613 g/mol. The van der Waals surface area contributed by atoms with E-state index in [4.69, 9.17) is 4.74 Å². The van der Waals surface area contributed by atoms with Crippen molar-refractivity contribution in [3.8, 4) is 0 Å².